The Morgan fingerprint density at radius 1 is 1.43 bits per heavy atom. The number of amidine groups is 1. The molecule has 152 valence electrons. The molecule has 0 bridgehead atoms. The number of rotatable bonds is 4. The van der Waals surface area contributed by atoms with Gasteiger partial charge in [0, 0.05) is 25.7 Å². The van der Waals surface area contributed by atoms with Gasteiger partial charge in [0.15, 0.2) is 0 Å². The van der Waals surface area contributed by atoms with Gasteiger partial charge in [-0.1, -0.05) is 17.7 Å². The van der Waals surface area contributed by atoms with Gasteiger partial charge >= 0.3 is 6.18 Å². The number of benzene rings is 1. The third kappa shape index (κ3) is 4.57. The second-order valence-electron chi connectivity index (χ2n) is 5.99. The van der Waals surface area contributed by atoms with Crippen LogP contribution < -0.4 is 16.9 Å². The first-order valence-electron chi connectivity index (χ1n) is 8.17. The van der Waals surface area contributed by atoms with Crippen LogP contribution >= 0.6 is 11.6 Å². The van der Waals surface area contributed by atoms with Crippen molar-refractivity contribution >= 4 is 23.3 Å². The Morgan fingerprint density at radius 2 is 2.11 bits per heavy atom. The fraction of sp³-hybridized carbons (Fsp3) is 0.294. The number of hydrogen-bond acceptors (Lipinski definition) is 5. The smallest absolute Gasteiger partial charge is 0.399 e. The van der Waals surface area contributed by atoms with Crippen LogP contribution in [-0.4, -0.2) is 41.8 Å². The highest BCUT2D eigenvalue weighted by Crippen LogP contribution is 2.36. The van der Waals surface area contributed by atoms with Crippen LogP contribution in [0, 0.1) is 5.41 Å². The molecule has 7 nitrogen and oxygen atoms in total. The molecular formula is C17H20ClF3N6O. The average Bonchev–Trinajstić information content (AvgIpc) is 2.64. The Balaban J connectivity index is 2.22. The number of nitrogens with two attached hydrogens (primary N) is 2. The van der Waals surface area contributed by atoms with E-state index in [0.29, 0.717) is 5.70 Å². The molecule has 11 heteroatoms. The zero-order valence-electron chi connectivity index (χ0n) is 15.0. The van der Waals surface area contributed by atoms with E-state index in [0.717, 1.165) is 17.1 Å². The lowest BCUT2D eigenvalue weighted by atomic mass is 10.1. The lowest BCUT2D eigenvalue weighted by Gasteiger charge is -2.33. The molecule has 0 spiro atoms. The summed E-state index contributed by atoms with van der Waals surface area (Å²) in [5, 5.41) is 11.1. The molecule has 1 aromatic carbocycles. The van der Waals surface area contributed by atoms with Gasteiger partial charge in [0.05, 0.1) is 28.4 Å². The molecule has 0 atom stereocenters. The average molecular weight is 417 g/mol. The molecule has 0 saturated heterocycles. The number of carbonyl (C=O) groups is 1. The molecule has 1 heterocycles. The maximum absolute atomic E-state index is 13.0. The molecule has 1 aromatic rings. The molecular weight excluding hydrogens is 397 g/mol. The summed E-state index contributed by atoms with van der Waals surface area (Å²) in [6.07, 6.45) is -1.48. The van der Waals surface area contributed by atoms with Crippen molar-refractivity contribution in [2.75, 3.05) is 20.1 Å². The van der Waals surface area contributed by atoms with Crippen molar-refractivity contribution in [2.45, 2.75) is 12.6 Å². The number of alkyl halides is 3. The summed E-state index contributed by atoms with van der Waals surface area (Å²) in [6, 6.07) is 3.19. The third-order valence-electron chi connectivity index (χ3n) is 4.13. The lowest BCUT2D eigenvalue weighted by Crippen LogP contribution is -2.45. The summed E-state index contributed by atoms with van der Waals surface area (Å²) >= 11 is 5.83. The van der Waals surface area contributed by atoms with E-state index in [1.165, 1.54) is 23.2 Å². The Bertz CT molecular complexity index is 837. The molecule has 1 aliphatic heterocycles. The van der Waals surface area contributed by atoms with E-state index >= 15 is 0 Å². The van der Waals surface area contributed by atoms with Gasteiger partial charge in [-0.05, 0) is 24.4 Å². The van der Waals surface area contributed by atoms with Crippen molar-refractivity contribution in [3.8, 4) is 0 Å². The van der Waals surface area contributed by atoms with Gasteiger partial charge in [-0.25, -0.2) is 5.84 Å². The summed E-state index contributed by atoms with van der Waals surface area (Å²) in [4.78, 5) is 14.0. The molecule has 0 aromatic heterocycles. The van der Waals surface area contributed by atoms with Gasteiger partial charge in [-0.15, -0.1) is 0 Å². The second kappa shape index (κ2) is 8.53. The summed E-state index contributed by atoms with van der Waals surface area (Å²) in [5.41, 5.74) is 5.39. The van der Waals surface area contributed by atoms with E-state index in [4.69, 9.17) is 28.6 Å². The topological polar surface area (TPSA) is 111 Å². The number of carbonyl (C=O) groups excluding carboxylic acids is 1. The highest BCUT2D eigenvalue weighted by molar-refractivity contribution is 6.34. The van der Waals surface area contributed by atoms with Gasteiger partial charge in [-0.2, -0.15) is 13.2 Å². The van der Waals surface area contributed by atoms with Crippen molar-refractivity contribution in [2.24, 2.45) is 11.6 Å². The third-order valence-corrected chi connectivity index (χ3v) is 4.54. The number of nitrogens with one attached hydrogen (secondary N) is 2. The van der Waals surface area contributed by atoms with E-state index in [1.54, 1.807) is 7.05 Å². The van der Waals surface area contributed by atoms with Crippen LogP contribution in [0.2, 0.25) is 5.02 Å². The van der Waals surface area contributed by atoms with E-state index in [-0.39, 0.29) is 36.6 Å². The molecule has 0 unspecified atom stereocenters. The van der Waals surface area contributed by atoms with Crippen molar-refractivity contribution in [3.63, 3.8) is 0 Å². The van der Waals surface area contributed by atoms with Crippen molar-refractivity contribution in [1.29, 1.82) is 5.41 Å². The van der Waals surface area contributed by atoms with Crippen LogP contribution in [-0.2, 0) is 6.18 Å². The zero-order valence-corrected chi connectivity index (χ0v) is 15.7. The molecule has 0 aliphatic carbocycles. The van der Waals surface area contributed by atoms with Gasteiger partial charge in [0.25, 0.3) is 5.91 Å². The minimum absolute atomic E-state index is 0.0204. The number of hydrazine groups is 1. The highest BCUT2D eigenvalue weighted by atomic mass is 35.5. The fourth-order valence-electron chi connectivity index (χ4n) is 2.70. The van der Waals surface area contributed by atoms with Crippen LogP contribution in [0.1, 0.15) is 22.3 Å². The van der Waals surface area contributed by atoms with Crippen molar-refractivity contribution in [3.05, 3.63) is 58.0 Å². The maximum Gasteiger partial charge on any atom is 0.417 e. The molecule has 2 rings (SSSR count). The fourth-order valence-corrected chi connectivity index (χ4v) is 3.01. The first-order valence-corrected chi connectivity index (χ1v) is 8.55. The molecule has 0 fully saturated rings. The molecule has 1 amide bonds. The summed E-state index contributed by atoms with van der Waals surface area (Å²) in [5.74, 6) is 5.21. The van der Waals surface area contributed by atoms with Crippen LogP contribution in [0.15, 0.2) is 41.9 Å². The minimum Gasteiger partial charge on any atom is -0.399 e. The standard InChI is InChI=1S/C17H20ClF3N6O/c1-25-7-5-14(23)27(24)13-6-8-26(9-12(13)22)16(28)10-3-2-4-11(15(10)18)17(19,20)21/h2-5,7,23,25H,6,8-9,22,24H2,1H3/b7-5-,23-14?. The normalized spacial score (nSPS) is 15.1. The molecule has 28 heavy (non-hydrogen) atoms. The zero-order chi connectivity index (χ0) is 21.1. The van der Waals surface area contributed by atoms with Crippen LogP contribution in [0.25, 0.3) is 0 Å². The van der Waals surface area contributed by atoms with Crippen LogP contribution in [0.5, 0.6) is 0 Å². The quantitative estimate of drug-likeness (QED) is 0.260. The first-order chi connectivity index (χ1) is 13.1. The van der Waals surface area contributed by atoms with E-state index in [1.807, 2.05) is 0 Å². The largest absolute Gasteiger partial charge is 0.417 e. The molecule has 1 aliphatic rings. The van der Waals surface area contributed by atoms with Gasteiger partial charge < -0.3 is 16.0 Å². The predicted molar refractivity (Wildman–Crippen MR) is 100 cm³/mol. The van der Waals surface area contributed by atoms with Gasteiger partial charge in [0.1, 0.15) is 5.84 Å². The summed E-state index contributed by atoms with van der Waals surface area (Å²) in [7, 11) is 1.67. The Hall–Kier alpha value is -2.72. The predicted octanol–water partition coefficient (Wildman–Crippen LogP) is 2.26. The lowest BCUT2D eigenvalue weighted by molar-refractivity contribution is -0.137. The molecule has 0 saturated carbocycles. The Labute approximate surface area is 164 Å². The van der Waals surface area contributed by atoms with Crippen molar-refractivity contribution < 1.29 is 18.0 Å². The van der Waals surface area contributed by atoms with E-state index in [2.05, 4.69) is 5.32 Å². The number of nitrogens with zero attached hydrogens (tertiary/aromatic N) is 2. The van der Waals surface area contributed by atoms with Crippen LogP contribution in [0.4, 0.5) is 13.2 Å². The monoisotopic (exact) mass is 416 g/mol. The number of halogens is 4. The SMILES string of the molecule is CN/C=C\C(=N)N(N)C1=C(N)CN(C(=O)c2cccc(C(F)(F)F)c2Cl)CC1. The highest BCUT2D eigenvalue weighted by Gasteiger charge is 2.35. The van der Waals surface area contributed by atoms with Crippen molar-refractivity contribution in [1.82, 2.24) is 15.2 Å². The Kier molecular flexibility index (Phi) is 6.57. The molecule has 6 N–H and O–H groups in total. The second-order valence-corrected chi connectivity index (χ2v) is 6.37. The van der Waals surface area contributed by atoms with E-state index in [9.17, 15) is 18.0 Å². The van der Waals surface area contributed by atoms with Gasteiger partial charge in [0.2, 0.25) is 0 Å². The first kappa shape index (κ1) is 21.6. The number of hydrogen-bond donors (Lipinski definition) is 4. The number of amides is 1. The van der Waals surface area contributed by atoms with Crippen LogP contribution in [0.3, 0.4) is 0 Å². The molecule has 0 radical (unpaired) electrons. The maximum atomic E-state index is 13.0. The van der Waals surface area contributed by atoms with Gasteiger partial charge in [-0.3, -0.25) is 15.2 Å². The summed E-state index contributed by atoms with van der Waals surface area (Å²) < 4.78 is 39.0. The minimum atomic E-state index is -4.66. The van der Waals surface area contributed by atoms with E-state index < -0.39 is 22.7 Å². The summed E-state index contributed by atoms with van der Waals surface area (Å²) in [6.45, 7) is 0.121. The Morgan fingerprint density at radius 3 is 2.68 bits per heavy atom.